The van der Waals surface area contributed by atoms with Crippen LogP contribution < -0.4 is 5.73 Å². The highest BCUT2D eigenvalue weighted by Crippen LogP contribution is 2.31. The van der Waals surface area contributed by atoms with E-state index in [1.54, 1.807) is 0 Å². The average Bonchev–Trinajstić information content (AvgIpc) is 2.84. The van der Waals surface area contributed by atoms with E-state index in [1.807, 2.05) is 31.2 Å². The number of furan rings is 1. The van der Waals surface area contributed by atoms with Gasteiger partial charge in [-0.15, -0.1) is 0 Å². The highest BCUT2D eigenvalue weighted by atomic mass is 16.3. The number of hydrogen-bond donors (Lipinski definition) is 1. The molecule has 2 N–H and O–H groups in total. The van der Waals surface area contributed by atoms with Crippen LogP contribution in [0.2, 0.25) is 0 Å². The summed E-state index contributed by atoms with van der Waals surface area (Å²) in [6, 6.07) is 7.75. The third-order valence-electron chi connectivity index (χ3n) is 4.16. The van der Waals surface area contributed by atoms with Crippen molar-refractivity contribution in [3.63, 3.8) is 0 Å². The molecule has 3 nitrogen and oxygen atoms in total. The topological polar surface area (TPSA) is 56.2 Å². The van der Waals surface area contributed by atoms with Crippen LogP contribution in [0.5, 0.6) is 0 Å². The Kier molecular flexibility index (Phi) is 2.94. The van der Waals surface area contributed by atoms with Gasteiger partial charge in [-0.3, -0.25) is 4.79 Å². The molecule has 0 radical (unpaired) electrons. The Bertz CT molecular complexity index is 621. The molecule has 0 saturated heterocycles. The largest absolute Gasteiger partial charge is 0.453 e. The van der Waals surface area contributed by atoms with E-state index in [2.05, 4.69) is 0 Å². The number of ketones is 1. The van der Waals surface area contributed by atoms with Crippen LogP contribution in [-0.2, 0) is 0 Å². The Morgan fingerprint density at radius 1 is 1.26 bits per heavy atom. The molecule has 1 aromatic carbocycles. The van der Waals surface area contributed by atoms with Crippen molar-refractivity contribution >= 4 is 16.8 Å². The number of nitrogens with two attached hydrogens (primary N) is 1. The van der Waals surface area contributed by atoms with Crippen LogP contribution in [0.15, 0.2) is 28.7 Å². The Morgan fingerprint density at radius 2 is 2.00 bits per heavy atom. The first-order chi connectivity index (χ1) is 9.10. The van der Waals surface area contributed by atoms with E-state index in [0.29, 0.717) is 5.76 Å². The number of hydrogen-bond acceptors (Lipinski definition) is 3. The molecule has 100 valence electrons. The Balaban J connectivity index is 1.99. The molecule has 1 fully saturated rings. The normalized spacial score (nSPS) is 18.6. The minimum atomic E-state index is -0.722. The smallest absolute Gasteiger partial charge is 0.217 e. The summed E-state index contributed by atoms with van der Waals surface area (Å²) in [5.74, 6) is 0.372. The molecular formula is C16H19NO2. The van der Waals surface area contributed by atoms with Gasteiger partial charge in [0.1, 0.15) is 5.58 Å². The van der Waals surface area contributed by atoms with Crippen molar-refractivity contribution in [2.24, 2.45) is 5.73 Å². The fourth-order valence-corrected chi connectivity index (χ4v) is 2.98. The predicted molar refractivity (Wildman–Crippen MR) is 75.3 cm³/mol. The van der Waals surface area contributed by atoms with Crippen molar-refractivity contribution in [3.05, 3.63) is 35.6 Å². The minimum absolute atomic E-state index is 0.0391. The van der Waals surface area contributed by atoms with Gasteiger partial charge in [0.2, 0.25) is 5.78 Å². The molecule has 1 aliphatic carbocycles. The number of rotatable bonds is 2. The first-order valence-corrected chi connectivity index (χ1v) is 6.93. The van der Waals surface area contributed by atoms with E-state index in [1.165, 1.54) is 6.42 Å². The summed E-state index contributed by atoms with van der Waals surface area (Å²) in [5, 5.41) is 0.975. The number of fused-ring (bicyclic) bond motifs is 1. The summed E-state index contributed by atoms with van der Waals surface area (Å²) in [7, 11) is 0. The summed E-state index contributed by atoms with van der Waals surface area (Å²) in [6.07, 6.45) is 4.76. The van der Waals surface area contributed by atoms with E-state index >= 15 is 0 Å². The van der Waals surface area contributed by atoms with Gasteiger partial charge >= 0.3 is 0 Å². The van der Waals surface area contributed by atoms with Gasteiger partial charge in [-0.2, -0.15) is 0 Å². The molecular weight excluding hydrogens is 238 g/mol. The maximum absolute atomic E-state index is 12.6. The molecule has 19 heavy (non-hydrogen) atoms. The number of para-hydroxylation sites is 1. The van der Waals surface area contributed by atoms with Gasteiger partial charge in [0.15, 0.2) is 5.76 Å². The standard InChI is InChI=1S/C16H19NO2/c1-11-6-5-7-12-10-13(19-14(11)12)15(18)16(17)8-3-2-4-9-16/h5-7,10H,2-4,8-9,17H2,1H3. The molecule has 0 bridgehead atoms. The second kappa shape index (κ2) is 4.49. The molecule has 1 aliphatic rings. The number of benzene rings is 1. The Morgan fingerprint density at radius 3 is 2.68 bits per heavy atom. The maximum Gasteiger partial charge on any atom is 0.217 e. The van der Waals surface area contributed by atoms with E-state index in [4.69, 9.17) is 10.2 Å². The van der Waals surface area contributed by atoms with Gasteiger partial charge in [-0.1, -0.05) is 37.5 Å². The van der Waals surface area contributed by atoms with Gasteiger partial charge in [-0.05, 0) is 31.4 Å². The van der Waals surface area contributed by atoms with Crippen LogP contribution in [0.3, 0.4) is 0 Å². The number of aryl methyl sites for hydroxylation is 1. The summed E-state index contributed by atoms with van der Waals surface area (Å²) in [5.41, 5.74) is 7.41. The van der Waals surface area contributed by atoms with E-state index in [9.17, 15) is 4.79 Å². The molecule has 3 rings (SSSR count). The van der Waals surface area contributed by atoms with Gasteiger partial charge in [-0.25, -0.2) is 0 Å². The van der Waals surface area contributed by atoms with Crippen LogP contribution in [0.1, 0.15) is 48.2 Å². The number of Topliss-reactive ketones (excluding diaryl/α,β-unsaturated/α-hetero) is 1. The van der Waals surface area contributed by atoms with Crippen LogP contribution in [0.25, 0.3) is 11.0 Å². The van der Waals surface area contributed by atoms with Crippen molar-refractivity contribution < 1.29 is 9.21 Å². The highest BCUT2D eigenvalue weighted by Gasteiger charge is 2.37. The molecule has 1 saturated carbocycles. The zero-order valence-electron chi connectivity index (χ0n) is 11.2. The minimum Gasteiger partial charge on any atom is -0.453 e. The van der Waals surface area contributed by atoms with Crippen LogP contribution in [-0.4, -0.2) is 11.3 Å². The second-order valence-corrected chi connectivity index (χ2v) is 5.65. The highest BCUT2D eigenvalue weighted by molar-refractivity contribution is 6.03. The van der Waals surface area contributed by atoms with Crippen LogP contribution in [0, 0.1) is 6.92 Å². The summed E-state index contributed by atoms with van der Waals surface area (Å²) >= 11 is 0. The summed E-state index contributed by atoms with van der Waals surface area (Å²) in [6.45, 7) is 1.99. The third kappa shape index (κ3) is 2.08. The fraction of sp³-hybridized carbons (Fsp3) is 0.438. The monoisotopic (exact) mass is 257 g/mol. The summed E-state index contributed by atoms with van der Waals surface area (Å²) < 4.78 is 5.75. The predicted octanol–water partition coefficient (Wildman–Crippen LogP) is 3.59. The molecule has 0 amide bonds. The molecule has 0 unspecified atom stereocenters. The van der Waals surface area contributed by atoms with Gasteiger partial charge in [0, 0.05) is 5.39 Å². The van der Waals surface area contributed by atoms with Crippen molar-refractivity contribution in [2.75, 3.05) is 0 Å². The Hall–Kier alpha value is -1.61. The van der Waals surface area contributed by atoms with Crippen molar-refractivity contribution in [1.29, 1.82) is 0 Å². The molecule has 1 heterocycles. The lowest BCUT2D eigenvalue weighted by Crippen LogP contribution is -2.49. The lowest BCUT2D eigenvalue weighted by molar-refractivity contribution is 0.0820. The molecule has 0 aliphatic heterocycles. The Labute approximate surface area is 112 Å². The lowest BCUT2D eigenvalue weighted by atomic mass is 9.79. The molecule has 0 spiro atoms. The van der Waals surface area contributed by atoms with Gasteiger partial charge < -0.3 is 10.2 Å². The molecule has 2 aromatic rings. The first kappa shape index (κ1) is 12.4. The molecule has 0 atom stereocenters. The number of carbonyl (C=O) groups excluding carboxylic acids is 1. The first-order valence-electron chi connectivity index (χ1n) is 6.93. The van der Waals surface area contributed by atoms with Gasteiger partial charge in [0.05, 0.1) is 5.54 Å². The molecule has 3 heteroatoms. The SMILES string of the molecule is Cc1cccc2cc(C(=O)C3(N)CCCCC3)oc12. The zero-order valence-corrected chi connectivity index (χ0v) is 11.2. The van der Waals surface area contributed by atoms with E-state index in [0.717, 1.165) is 42.2 Å². The second-order valence-electron chi connectivity index (χ2n) is 5.65. The van der Waals surface area contributed by atoms with Crippen molar-refractivity contribution in [1.82, 2.24) is 0 Å². The third-order valence-corrected chi connectivity index (χ3v) is 4.16. The average molecular weight is 257 g/mol. The number of carbonyl (C=O) groups is 1. The molecule has 1 aromatic heterocycles. The van der Waals surface area contributed by atoms with Crippen LogP contribution >= 0.6 is 0 Å². The van der Waals surface area contributed by atoms with Crippen LogP contribution in [0.4, 0.5) is 0 Å². The maximum atomic E-state index is 12.6. The lowest BCUT2D eigenvalue weighted by Gasteiger charge is -2.30. The van der Waals surface area contributed by atoms with E-state index < -0.39 is 5.54 Å². The zero-order chi connectivity index (χ0) is 13.5. The fourth-order valence-electron chi connectivity index (χ4n) is 2.98. The summed E-state index contributed by atoms with van der Waals surface area (Å²) in [4.78, 5) is 12.6. The van der Waals surface area contributed by atoms with Gasteiger partial charge in [0.25, 0.3) is 0 Å². The van der Waals surface area contributed by atoms with E-state index in [-0.39, 0.29) is 5.78 Å². The van der Waals surface area contributed by atoms with Crippen molar-refractivity contribution in [3.8, 4) is 0 Å². The van der Waals surface area contributed by atoms with Crippen molar-refractivity contribution in [2.45, 2.75) is 44.6 Å². The quantitative estimate of drug-likeness (QED) is 0.836.